The molecule has 0 rings (SSSR count). The van der Waals surface area contributed by atoms with Crippen LogP contribution in [0.25, 0.3) is 0 Å². The predicted octanol–water partition coefficient (Wildman–Crippen LogP) is 1.11. The van der Waals surface area contributed by atoms with Crippen molar-refractivity contribution in [3.63, 3.8) is 0 Å². The summed E-state index contributed by atoms with van der Waals surface area (Å²) in [6, 6.07) is 0. The molecular weight excluding hydrogens is 229 g/mol. The van der Waals surface area contributed by atoms with Crippen molar-refractivity contribution in [1.29, 1.82) is 0 Å². The number of halogens is 1. The van der Waals surface area contributed by atoms with Gasteiger partial charge < -0.3 is 5.32 Å². The second-order valence-electron chi connectivity index (χ2n) is 1.65. The van der Waals surface area contributed by atoms with Crippen LogP contribution in [0.5, 0.6) is 0 Å². The molecule has 0 heterocycles. The summed E-state index contributed by atoms with van der Waals surface area (Å²) < 4.78 is 0.0440. The molecule has 0 saturated heterocycles. The lowest BCUT2D eigenvalue weighted by atomic mass is 10.4. The fourth-order valence-corrected chi connectivity index (χ4v) is 0.534. The third kappa shape index (κ3) is 4.44. The van der Waals surface area contributed by atoms with Crippen molar-refractivity contribution in [3.05, 3.63) is 12.7 Å². The number of hydrogen-bond acceptors (Lipinski definition) is 1. The van der Waals surface area contributed by atoms with Gasteiger partial charge in [0.15, 0.2) is 0 Å². The van der Waals surface area contributed by atoms with Crippen LogP contribution in [0.2, 0.25) is 0 Å². The molecular formula is C6H10INO. The van der Waals surface area contributed by atoms with Gasteiger partial charge in [0.2, 0.25) is 5.91 Å². The first-order chi connectivity index (χ1) is 4.18. The van der Waals surface area contributed by atoms with E-state index in [1.54, 1.807) is 6.08 Å². The minimum atomic E-state index is 0.0440. The molecule has 0 fully saturated rings. The monoisotopic (exact) mass is 239 g/mol. The number of carbonyl (C=O) groups excluding carboxylic acids is 1. The summed E-state index contributed by atoms with van der Waals surface area (Å²) in [6.45, 7) is 5.88. The number of carbonyl (C=O) groups is 1. The van der Waals surface area contributed by atoms with Crippen LogP contribution in [0.3, 0.4) is 0 Å². The molecule has 0 aliphatic carbocycles. The Balaban J connectivity index is 3.38. The summed E-state index contributed by atoms with van der Waals surface area (Å²) in [5.41, 5.74) is 0. The highest BCUT2D eigenvalue weighted by atomic mass is 127. The molecule has 0 radical (unpaired) electrons. The summed E-state index contributed by atoms with van der Waals surface area (Å²) in [4.78, 5) is 10.7. The molecule has 0 saturated carbocycles. The Morgan fingerprint density at radius 2 is 2.56 bits per heavy atom. The van der Waals surface area contributed by atoms with E-state index >= 15 is 0 Å². The average molecular weight is 239 g/mol. The Bertz CT molecular complexity index is 112. The van der Waals surface area contributed by atoms with Gasteiger partial charge in [-0.2, -0.15) is 0 Å². The van der Waals surface area contributed by atoms with Crippen LogP contribution in [0.15, 0.2) is 12.7 Å². The Morgan fingerprint density at radius 3 is 2.89 bits per heavy atom. The normalized spacial score (nSPS) is 12.2. The third-order valence-electron chi connectivity index (χ3n) is 0.782. The lowest BCUT2D eigenvalue weighted by Gasteiger charge is -2.01. The minimum absolute atomic E-state index is 0.0440. The van der Waals surface area contributed by atoms with E-state index < -0.39 is 0 Å². The van der Waals surface area contributed by atoms with Crippen LogP contribution < -0.4 is 5.32 Å². The number of nitrogens with one attached hydrogen (secondary N) is 1. The van der Waals surface area contributed by atoms with E-state index in [-0.39, 0.29) is 9.83 Å². The van der Waals surface area contributed by atoms with E-state index in [0.29, 0.717) is 6.54 Å². The van der Waals surface area contributed by atoms with Gasteiger partial charge in [-0.25, -0.2) is 0 Å². The molecule has 0 aromatic rings. The topological polar surface area (TPSA) is 29.1 Å². The van der Waals surface area contributed by atoms with Crippen LogP contribution in [-0.2, 0) is 4.79 Å². The van der Waals surface area contributed by atoms with Gasteiger partial charge >= 0.3 is 0 Å². The SMILES string of the molecule is C=CCNC(=O)C(C)I. The first-order valence-electron chi connectivity index (χ1n) is 2.71. The van der Waals surface area contributed by atoms with Crippen molar-refractivity contribution < 1.29 is 4.79 Å². The maximum atomic E-state index is 10.7. The van der Waals surface area contributed by atoms with Crippen molar-refractivity contribution in [2.24, 2.45) is 0 Å². The molecule has 0 bridgehead atoms. The van der Waals surface area contributed by atoms with E-state index in [1.165, 1.54) is 0 Å². The van der Waals surface area contributed by atoms with Gasteiger partial charge in [-0.3, -0.25) is 4.79 Å². The third-order valence-corrected chi connectivity index (χ3v) is 1.35. The van der Waals surface area contributed by atoms with Gasteiger partial charge in [0.05, 0.1) is 3.92 Å². The minimum Gasteiger partial charge on any atom is -0.352 e. The maximum Gasteiger partial charge on any atom is 0.232 e. The second-order valence-corrected chi connectivity index (χ2v) is 3.52. The summed E-state index contributed by atoms with van der Waals surface area (Å²) in [6.07, 6.45) is 1.66. The lowest BCUT2D eigenvalue weighted by molar-refractivity contribution is -0.119. The van der Waals surface area contributed by atoms with Gasteiger partial charge in [-0.05, 0) is 6.92 Å². The van der Waals surface area contributed by atoms with Gasteiger partial charge in [0.25, 0.3) is 0 Å². The van der Waals surface area contributed by atoms with E-state index in [4.69, 9.17) is 0 Å². The Kier molecular flexibility index (Phi) is 4.75. The molecule has 1 unspecified atom stereocenters. The number of alkyl halides is 1. The molecule has 0 aliphatic rings. The number of hydrogen-bond donors (Lipinski definition) is 1. The Hall–Kier alpha value is -0.0600. The molecule has 9 heavy (non-hydrogen) atoms. The quantitative estimate of drug-likeness (QED) is 0.446. The summed E-state index contributed by atoms with van der Waals surface area (Å²) >= 11 is 2.06. The standard InChI is InChI=1S/C6H10INO/c1-3-4-8-6(9)5(2)7/h3,5H,1,4H2,2H3,(H,8,9). The molecule has 1 amide bonds. The molecule has 0 aliphatic heterocycles. The van der Waals surface area contributed by atoms with Crippen LogP contribution >= 0.6 is 22.6 Å². The molecule has 1 N–H and O–H groups in total. The fraction of sp³-hybridized carbons (Fsp3) is 0.500. The van der Waals surface area contributed by atoms with Crippen LogP contribution in [0, 0.1) is 0 Å². The predicted molar refractivity (Wildman–Crippen MR) is 46.7 cm³/mol. The largest absolute Gasteiger partial charge is 0.352 e. The van der Waals surface area contributed by atoms with Crippen LogP contribution in [0.1, 0.15) is 6.92 Å². The van der Waals surface area contributed by atoms with Crippen LogP contribution in [0.4, 0.5) is 0 Å². The fourth-order valence-electron chi connectivity index (χ4n) is 0.313. The molecule has 1 atom stereocenters. The van der Waals surface area contributed by atoms with Gasteiger partial charge in [0, 0.05) is 6.54 Å². The smallest absolute Gasteiger partial charge is 0.232 e. The highest BCUT2D eigenvalue weighted by molar-refractivity contribution is 14.1. The highest BCUT2D eigenvalue weighted by Gasteiger charge is 2.04. The number of amides is 1. The summed E-state index contributed by atoms with van der Waals surface area (Å²) in [5, 5.41) is 2.67. The number of rotatable bonds is 3. The molecule has 2 nitrogen and oxygen atoms in total. The molecule has 0 aromatic heterocycles. The first-order valence-corrected chi connectivity index (χ1v) is 3.95. The van der Waals surface area contributed by atoms with Crippen molar-refractivity contribution in [2.75, 3.05) is 6.54 Å². The Morgan fingerprint density at radius 1 is 2.00 bits per heavy atom. The molecule has 0 aromatic carbocycles. The van der Waals surface area contributed by atoms with Gasteiger partial charge in [-0.1, -0.05) is 28.7 Å². The van der Waals surface area contributed by atoms with Crippen LogP contribution in [-0.4, -0.2) is 16.4 Å². The van der Waals surface area contributed by atoms with Gasteiger partial charge in [0.1, 0.15) is 0 Å². The zero-order valence-corrected chi connectivity index (χ0v) is 7.51. The molecule has 3 heteroatoms. The van der Waals surface area contributed by atoms with E-state index in [1.807, 2.05) is 6.92 Å². The van der Waals surface area contributed by atoms with E-state index in [9.17, 15) is 4.79 Å². The molecule has 0 spiro atoms. The average Bonchev–Trinajstić information content (AvgIpc) is 1.82. The first kappa shape index (κ1) is 8.94. The second kappa shape index (κ2) is 4.78. The van der Waals surface area contributed by atoms with Gasteiger partial charge in [-0.15, -0.1) is 6.58 Å². The molecule has 52 valence electrons. The van der Waals surface area contributed by atoms with E-state index in [0.717, 1.165) is 0 Å². The maximum absolute atomic E-state index is 10.7. The zero-order chi connectivity index (χ0) is 7.28. The van der Waals surface area contributed by atoms with Crippen molar-refractivity contribution in [3.8, 4) is 0 Å². The van der Waals surface area contributed by atoms with Crippen molar-refractivity contribution in [2.45, 2.75) is 10.8 Å². The van der Waals surface area contributed by atoms with E-state index in [2.05, 4.69) is 34.5 Å². The lowest BCUT2D eigenvalue weighted by Crippen LogP contribution is -2.29. The van der Waals surface area contributed by atoms with Crippen molar-refractivity contribution in [1.82, 2.24) is 5.32 Å². The zero-order valence-electron chi connectivity index (χ0n) is 5.36. The Labute approximate surface area is 68.8 Å². The van der Waals surface area contributed by atoms with Crippen molar-refractivity contribution >= 4 is 28.5 Å². The summed E-state index contributed by atoms with van der Waals surface area (Å²) in [5.74, 6) is 0.0653. The summed E-state index contributed by atoms with van der Waals surface area (Å²) in [7, 11) is 0. The highest BCUT2D eigenvalue weighted by Crippen LogP contribution is 1.96.